The molecular weight excluding hydrogens is 352 g/mol. The molecule has 1 saturated heterocycles. The zero-order valence-corrected chi connectivity index (χ0v) is 16.9. The van der Waals surface area contributed by atoms with Gasteiger partial charge in [0.05, 0.1) is 0 Å². The largest absolute Gasteiger partial charge is 0.370 e. The van der Waals surface area contributed by atoms with Gasteiger partial charge in [-0.15, -0.1) is 0 Å². The molecule has 6 rings (SSSR count). The van der Waals surface area contributed by atoms with E-state index in [-0.39, 0.29) is 0 Å². The van der Waals surface area contributed by atoms with Gasteiger partial charge in [0.2, 0.25) is 0 Å². The number of rotatable bonds is 1. The second-order valence-corrected chi connectivity index (χ2v) is 8.79. The molecule has 2 aliphatic heterocycles. The third-order valence-electron chi connectivity index (χ3n) is 6.85. The fourth-order valence-corrected chi connectivity index (χ4v) is 5.08. The normalized spacial score (nSPS) is 18.0. The van der Waals surface area contributed by atoms with Gasteiger partial charge in [-0.2, -0.15) is 0 Å². The van der Waals surface area contributed by atoms with Gasteiger partial charge in [0.15, 0.2) is 0 Å². The predicted molar refractivity (Wildman–Crippen MR) is 124 cm³/mol. The number of hydrogen-bond acceptors (Lipinski definition) is 2. The van der Waals surface area contributed by atoms with E-state index in [0.717, 1.165) is 6.54 Å². The summed E-state index contributed by atoms with van der Waals surface area (Å²) < 4.78 is 0. The van der Waals surface area contributed by atoms with Crippen molar-refractivity contribution in [2.75, 3.05) is 26.7 Å². The number of fused-ring (bicyclic) bond motifs is 4. The standard InChI is InChI=1S/C27H26N2/c1-28-9-7-27(8-10-28)29-11-6-21-14-24-15-22-12-19-4-2-3-5-20(19)13-23(22)16-25(24)17-26(21)18-29/h2-6,12-18,27H,7-11H2,1H3. The van der Waals surface area contributed by atoms with E-state index in [1.165, 1.54) is 68.7 Å². The molecule has 144 valence electrons. The lowest BCUT2D eigenvalue weighted by atomic mass is 9.98. The minimum atomic E-state index is 0.675. The first-order chi connectivity index (χ1) is 14.2. The van der Waals surface area contributed by atoms with Crippen molar-refractivity contribution in [3.05, 3.63) is 71.1 Å². The first-order valence-electron chi connectivity index (χ1n) is 10.8. The van der Waals surface area contributed by atoms with Crippen molar-refractivity contribution in [1.29, 1.82) is 0 Å². The summed E-state index contributed by atoms with van der Waals surface area (Å²) in [6.45, 7) is 3.45. The van der Waals surface area contributed by atoms with Gasteiger partial charge in [-0.1, -0.05) is 30.3 Å². The molecule has 0 saturated carbocycles. The molecule has 2 aliphatic rings. The lowest BCUT2D eigenvalue weighted by Gasteiger charge is -2.37. The van der Waals surface area contributed by atoms with Gasteiger partial charge in [-0.3, -0.25) is 0 Å². The highest BCUT2D eigenvalue weighted by Crippen LogP contribution is 2.26. The number of benzene rings is 4. The predicted octanol–water partition coefficient (Wildman–Crippen LogP) is 4.07. The van der Waals surface area contributed by atoms with Crippen LogP contribution in [0.3, 0.4) is 0 Å². The average molecular weight is 379 g/mol. The Balaban J connectivity index is 1.47. The molecule has 0 aliphatic carbocycles. The third kappa shape index (κ3) is 2.99. The molecule has 2 heterocycles. The fraction of sp³-hybridized carbons (Fsp3) is 0.259. The maximum Gasteiger partial charge on any atom is 0.0366 e. The topological polar surface area (TPSA) is 6.48 Å². The second-order valence-electron chi connectivity index (χ2n) is 8.79. The molecule has 2 heteroatoms. The van der Waals surface area contributed by atoms with Gasteiger partial charge in [-0.25, -0.2) is 0 Å². The molecule has 4 aromatic carbocycles. The quantitative estimate of drug-likeness (QED) is 0.461. The van der Waals surface area contributed by atoms with E-state index >= 15 is 0 Å². The molecule has 0 amide bonds. The van der Waals surface area contributed by atoms with Crippen LogP contribution in [0, 0.1) is 0 Å². The summed E-state index contributed by atoms with van der Waals surface area (Å²) in [4.78, 5) is 5.01. The number of hydrogen-bond donors (Lipinski definition) is 0. The lowest BCUT2D eigenvalue weighted by Crippen LogP contribution is -2.45. The first kappa shape index (κ1) is 17.1. The Bertz CT molecular complexity index is 1360. The van der Waals surface area contributed by atoms with Crippen molar-refractivity contribution in [2.24, 2.45) is 0 Å². The van der Waals surface area contributed by atoms with Crippen molar-refractivity contribution in [3.63, 3.8) is 0 Å². The third-order valence-corrected chi connectivity index (χ3v) is 6.85. The highest BCUT2D eigenvalue weighted by atomic mass is 15.2. The van der Waals surface area contributed by atoms with E-state index < -0.39 is 0 Å². The maximum atomic E-state index is 2.57. The Morgan fingerprint density at radius 3 is 1.90 bits per heavy atom. The zero-order chi connectivity index (χ0) is 19.4. The van der Waals surface area contributed by atoms with Crippen LogP contribution >= 0.6 is 0 Å². The second kappa shape index (κ2) is 6.60. The van der Waals surface area contributed by atoms with E-state index in [4.69, 9.17) is 0 Å². The van der Waals surface area contributed by atoms with Crippen LogP contribution in [0.5, 0.6) is 0 Å². The van der Waals surface area contributed by atoms with E-state index in [1.807, 2.05) is 0 Å². The first-order valence-corrected chi connectivity index (χ1v) is 10.8. The van der Waals surface area contributed by atoms with Gasteiger partial charge >= 0.3 is 0 Å². The minimum Gasteiger partial charge on any atom is -0.370 e. The van der Waals surface area contributed by atoms with Crippen molar-refractivity contribution >= 4 is 44.6 Å². The summed E-state index contributed by atoms with van der Waals surface area (Å²) in [6.07, 6.45) is 7.36. The monoisotopic (exact) mass is 378 g/mol. The van der Waals surface area contributed by atoms with Gasteiger partial charge in [0, 0.05) is 18.8 Å². The Morgan fingerprint density at radius 1 is 0.690 bits per heavy atom. The smallest absolute Gasteiger partial charge is 0.0366 e. The Hall–Kier alpha value is -2.84. The van der Waals surface area contributed by atoms with Crippen LogP contribution in [0.15, 0.2) is 60.7 Å². The van der Waals surface area contributed by atoms with E-state index in [9.17, 15) is 0 Å². The van der Waals surface area contributed by atoms with E-state index in [0.29, 0.717) is 6.04 Å². The minimum absolute atomic E-state index is 0.675. The van der Waals surface area contributed by atoms with Crippen LogP contribution in [0.1, 0.15) is 12.8 Å². The number of nitrogens with zero attached hydrogens (tertiary/aromatic N) is 2. The van der Waals surface area contributed by atoms with Gasteiger partial charge in [-0.05, 0) is 112 Å². The fourth-order valence-electron chi connectivity index (χ4n) is 5.08. The van der Waals surface area contributed by atoms with Crippen LogP contribution in [0.4, 0.5) is 0 Å². The van der Waals surface area contributed by atoms with Crippen molar-refractivity contribution < 1.29 is 0 Å². The lowest BCUT2D eigenvalue weighted by molar-refractivity contribution is 0.182. The summed E-state index contributed by atoms with van der Waals surface area (Å²) in [6, 6.07) is 23.4. The van der Waals surface area contributed by atoms with E-state index in [2.05, 4.69) is 89.8 Å². The number of piperidine rings is 1. The molecule has 29 heavy (non-hydrogen) atoms. The molecule has 0 N–H and O–H groups in total. The van der Waals surface area contributed by atoms with Crippen molar-refractivity contribution in [1.82, 2.24) is 9.80 Å². The summed E-state index contributed by atoms with van der Waals surface area (Å²) in [5.41, 5.74) is 0. The molecule has 0 bridgehead atoms. The van der Waals surface area contributed by atoms with Gasteiger partial charge < -0.3 is 9.80 Å². The van der Waals surface area contributed by atoms with Crippen molar-refractivity contribution in [2.45, 2.75) is 18.9 Å². The van der Waals surface area contributed by atoms with Crippen LogP contribution in [-0.4, -0.2) is 42.5 Å². The highest BCUT2D eigenvalue weighted by molar-refractivity contribution is 6.04. The van der Waals surface area contributed by atoms with E-state index in [1.54, 1.807) is 0 Å². The van der Waals surface area contributed by atoms with Crippen molar-refractivity contribution in [3.8, 4) is 0 Å². The molecule has 0 aromatic heterocycles. The molecule has 0 atom stereocenters. The Morgan fingerprint density at radius 2 is 1.24 bits per heavy atom. The summed E-state index contributed by atoms with van der Waals surface area (Å²) in [7, 11) is 2.23. The molecule has 1 fully saturated rings. The summed E-state index contributed by atoms with van der Waals surface area (Å²) >= 11 is 0. The molecule has 0 radical (unpaired) electrons. The van der Waals surface area contributed by atoms with Crippen LogP contribution in [0.2, 0.25) is 0 Å². The zero-order valence-electron chi connectivity index (χ0n) is 16.9. The van der Waals surface area contributed by atoms with Crippen LogP contribution < -0.4 is 10.4 Å². The molecule has 2 nitrogen and oxygen atoms in total. The van der Waals surface area contributed by atoms with Gasteiger partial charge in [0.1, 0.15) is 0 Å². The van der Waals surface area contributed by atoms with Crippen LogP contribution in [-0.2, 0) is 0 Å². The average Bonchev–Trinajstić information content (AvgIpc) is 2.75. The summed E-state index contributed by atoms with van der Waals surface area (Å²) in [5.74, 6) is 0. The van der Waals surface area contributed by atoms with Gasteiger partial charge in [0.25, 0.3) is 0 Å². The number of likely N-dealkylation sites (tertiary alicyclic amines) is 1. The van der Waals surface area contributed by atoms with Crippen LogP contribution in [0.25, 0.3) is 44.6 Å². The highest BCUT2D eigenvalue weighted by Gasteiger charge is 2.21. The summed E-state index contributed by atoms with van der Waals surface area (Å²) in [5, 5.41) is 10.7. The Labute approximate surface area is 171 Å². The molecule has 0 spiro atoms. The molecular formula is C27H26N2. The maximum absolute atomic E-state index is 2.57. The molecule has 0 unspecified atom stereocenters. The molecule has 4 aromatic rings. The SMILES string of the molecule is CN1CCC(N2C=c3cc4cc5cc6ccccc6cc5cc4cc3=CC2)CC1. The Kier molecular flexibility index (Phi) is 3.88.